The van der Waals surface area contributed by atoms with Crippen molar-refractivity contribution in [1.29, 1.82) is 0 Å². The molecule has 0 aromatic heterocycles. The van der Waals surface area contributed by atoms with E-state index >= 15 is 0 Å². The number of methoxy groups -OCH3 is 1. The van der Waals surface area contributed by atoms with Crippen LogP contribution in [0.5, 0.6) is 5.75 Å². The number of fused-ring (bicyclic) bond motifs is 1. The fourth-order valence-corrected chi connectivity index (χ4v) is 5.66. The number of carbonyl (C=O) groups excluding carboxylic acids is 3. The maximum Gasteiger partial charge on any atom is 0.269 e. The van der Waals surface area contributed by atoms with Gasteiger partial charge in [0.15, 0.2) is 0 Å². The molecule has 3 rings (SSSR count). The van der Waals surface area contributed by atoms with Crippen molar-refractivity contribution in [3.05, 3.63) is 59.7 Å². The average Bonchev–Trinajstić information content (AvgIpc) is 3.01. The maximum atomic E-state index is 13.5. The second-order valence-electron chi connectivity index (χ2n) is 9.66. The lowest BCUT2D eigenvalue weighted by atomic mass is 10.1. The number of nitrogens with one attached hydrogen (secondary N) is 1. The molecule has 1 aliphatic rings. The molecule has 2 aromatic carbocycles. The van der Waals surface area contributed by atoms with Gasteiger partial charge in [-0.2, -0.15) is 0 Å². The Bertz CT molecular complexity index is 1240. The fourth-order valence-electron chi connectivity index (χ4n) is 4.09. The molecule has 0 spiro atoms. The third kappa shape index (κ3) is 5.87. The molecule has 1 atom stereocenters. The van der Waals surface area contributed by atoms with Gasteiger partial charge in [-0.25, -0.2) is 12.7 Å². The van der Waals surface area contributed by atoms with Gasteiger partial charge in [-0.15, -0.1) is 0 Å². The molecule has 0 bridgehead atoms. The molecule has 0 fully saturated rings. The maximum absolute atomic E-state index is 13.5. The quantitative estimate of drug-likeness (QED) is 0.549. The van der Waals surface area contributed by atoms with Gasteiger partial charge in [0.05, 0.1) is 12.7 Å². The molecule has 10 heteroatoms. The van der Waals surface area contributed by atoms with Crippen molar-refractivity contribution < 1.29 is 27.5 Å². The minimum atomic E-state index is -4.03. The second-order valence-corrected chi connectivity index (χ2v) is 11.5. The zero-order valence-corrected chi connectivity index (χ0v) is 22.1. The zero-order valence-electron chi connectivity index (χ0n) is 21.3. The van der Waals surface area contributed by atoms with Crippen LogP contribution in [0.2, 0.25) is 0 Å². The molecule has 36 heavy (non-hydrogen) atoms. The monoisotopic (exact) mass is 515 g/mol. The van der Waals surface area contributed by atoms with E-state index in [2.05, 4.69) is 5.32 Å². The first kappa shape index (κ1) is 27.2. The molecule has 1 aliphatic heterocycles. The predicted molar refractivity (Wildman–Crippen MR) is 135 cm³/mol. The lowest BCUT2D eigenvalue weighted by molar-refractivity contribution is -0.142. The SMILES string of the molecule is CC[C@@H](C(=O)NC(C)(C)C)N(Cc1ccc(OC)cc1)C(=O)CCN1C(=O)c2ccccc2S1(=O)=O. The van der Waals surface area contributed by atoms with Crippen LogP contribution in [0.4, 0.5) is 0 Å². The van der Waals surface area contributed by atoms with E-state index in [0.29, 0.717) is 12.2 Å². The minimum absolute atomic E-state index is 0.0615. The van der Waals surface area contributed by atoms with Gasteiger partial charge in [0.1, 0.15) is 16.7 Å². The van der Waals surface area contributed by atoms with Crippen LogP contribution in [0, 0.1) is 0 Å². The van der Waals surface area contributed by atoms with Crippen molar-refractivity contribution >= 4 is 27.7 Å². The molecule has 0 saturated heterocycles. The summed E-state index contributed by atoms with van der Waals surface area (Å²) < 4.78 is 31.7. The van der Waals surface area contributed by atoms with Crippen LogP contribution < -0.4 is 10.1 Å². The van der Waals surface area contributed by atoms with Gasteiger partial charge in [0, 0.05) is 25.0 Å². The Morgan fingerprint density at radius 2 is 1.72 bits per heavy atom. The highest BCUT2D eigenvalue weighted by Crippen LogP contribution is 2.30. The lowest BCUT2D eigenvalue weighted by Gasteiger charge is -2.33. The van der Waals surface area contributed by atoms with Crippen molar-refractivity contribution in [2.45, 2.75) is 63.6 Å². The smallest absolute Gasteiger partial charge is 0.269 e. The normalized spacial score (nSPS) is 15.2. The van der Waals surface area contributed by atoms with E-state index in [1.807, 2.05) is 27.7 Å². The fraction of sp³-hybridized carbons (Fsp3) is 0.423. The third-order valence-corrected chi connectivity index (χ3v) is 7.68. The summed E-state index contributed by atoms with van der Waals surface area (Å²) in [5, 5.41) is 2.93. The summed E-state index contributed by atoms with van der Waals surface area (Å²) in [5.74, 6) is -0.728. The van der Waals surface area contributed by atoms with E-state index in [-0.39, 0.29) is 35.9 Å². The van der Waals surface area contributed by atoms with Gasteiger partial charge < -0.3 is 15.0 Å². The van der Waals surface area contributed by atoms with Crippen molar-refractivity contribution in [1.82, 2.24) is 14.5 Å². The van der Waals surface area contributed by atoms with E-state index in [0.717, 1.165) is 9.87 Å². The number of hydrogen-bond donors (Lipinski definition) is 1. The highest BCUT2D eigenvalue weighted by atomic mass is 32.2. The summed E-state index contributed by atoms with van der Waals surface area (Å²) in [7, 11) is -2.47. The van der Waals surface area contributed by atoms with Crippen molar-refractivity contribution in [2.24, 2.45) is 0 Å². The van der Waals surface area contributed by atoms with E-state index < -0.39 is 33.4 Å². The molecular formula is C26H33N3O6S. The van der Waals surface area contributed by atoms with E-state index in [1.165, 1.54) is 17.0 Å². The van der Waals surface area contributed by atoms with Crippen molar-refractivity contribution in [3.8, 4) is 5.75 Å². The number of ether oxygens (including phenoxy) is 1. The highest BCUT2D eigenvalue weighted by Gasteiger charge is 2.41. The summed E-state index contributed by atoms with van der Waals surface area (Å²) in [6, 6.07) is 12.3. The van der Waals surface area contributed by atoms with Gasteiger partial charge in [-0.1, -0.05) is 31.2 Å². The first-order valence-electron chi connectivity index (χ1n) is 11.8. The Hall–Kier alpha value is -3.40. The Morgan fingerprint density at radius 3 is 2.28 bits per heavy atom. The highest BCUT2D eigenvalue weighted by molar-refractivity contribution is 7.90. The van der Waals surface area contributed by atoms with Gasteiger partial charge in [0.2, 0.25) is 11.8 Å². The van der Waals surface area contributed by atoms with Gasteiger partial charge >= 0.3 is 0 Å². The summed E-state index contributed by atoms with van der Waals surface area (Å²) >= 11 is 0. The van der Waals surface area contributed by atoms with E-state index in [4.69, 9.17) is 4.74 Å². The molecule has 0 unspecified atom stereocenters. The number of hydrogen-bond acceptors (Lipinski definition) is 6. The standard InChI is InChI=1S/C26H33N3O6S/c1-6-21(24(31)27-26(2,3)4)28(17-18-11-13-19(35-5)14-12-18)23(30)15-16-29-25(32)20-9-7-8-10-22(20)36(29,33)34/h7-14,21H,6,15-17H2,1-5H3,(H,27,31)/t21-/m0/s1. The minimum Gasteiger partial charge on any atom is -0.497 e. The van der Waals surface area contributed by atoms with Crippen LogP contribution in [0.3, 0.4) is 0 Å². The van der Waals surface area contributed by atoms with Crippen LogP contribution >= 0.6 is 0 Å². The topological polar surface area (TPSA) is 113 Å². The molecule has 0 saturated carbocycles. The van der Waals surface area contributed by atoms with Crippen LogP contribution in [-0.2, 0) is 26.2 Å². The molecule has 0 aliphatic carbocycles. The van der Waals surface area contributed by atoms with E-state index in [1.54, 1.807) is 43.5 Å². The zero-order chi connectivity index (χ0) is 26.7. The van der Waals surface area contributed by atoms with Gasteiger partial charge in [0.25, 0.3) is 15.9 Å². The average molecular weight is 516 g/mol. The second kappa shape index (κ2) is 10.7. The summed E-state index contributed by atoms with van der Waals surface area (Å²) in [4.78, 5) is 40.7. The first-order valence-corrected chi connectivity index (χ1v) is 13.2. The number of carbonyl (C=O) groups is 3. The summed E-state index contributed by atoms with van der Waals surface area (Å²) in [6.07, 6.45) is 0.102. The number of nitrogens with zero attached hydrogens (tertiary/aromatic N) is 2. The summed E-state index contributed by atoms with van der Waals surface area (Å²) in [5.41, 5.74) is 0.376. The van der Waals surface area contributed by atoms with Gasteiger partial charge in [-0.3, -0.25) is 14.4 Å². The van der Waals surface area contributed by atoms with Crippen LogP contribution in [-0.4, -0.2) is 60.6 Å². The molecule has 194 valence electrons. The van der Waals surface area contributed by atoms with Crippen molar-refractivity contribution in [2.75, 3.05) is 13.7 Å². The van der Waals surface area contributed by atoms with Crippen LogP contribution in [0.15, 0.2) is 53.4 Å². The number of sulfonamides is 1. The molecule has 3 amide bonds. The first-order chi connectivity index (χ1) is 16.9. The lowest BCUT2D eigenvalue weighted by Crippen LogP contribution is -2.53. The number of benzene rings is 2. The summed E-state index contributed by atoms with van der Waals surface area (Å²) in [6.45, 7) is 7.20. The number of amides is 3. The van der Waals surface area contributed by atoms with Crippen LogP contribution in [0.25, 0.3) is 0 Å². The Morgan fingerprint density at radius 1 is 1.08 bits per heavy atom. The third-order valence-electron chi connectivity index (χ3n) is 5.84. The Labute approximate surface area is 212 Å². The molecule has 0 radical (unpaired) electrons. The van der Waals surface area contributed by atoms with Gasteiger partial charge in [-0.05, 0) is 57.0 Å². The largest absolute Gasteiger partial charge is 0.497 e. The molecule has 1 N–H and O–H groups in total. The molecule has 9 nitrogen and oxygen atoms in total. The molecule has 1 heterocycles. The molecular weight excluding hydrogens is 482 g/mol. The predicted octanol–water partition coefficient (Wildman–Crippen LogP) is 2.95. The Kier molecular flexibility index (Phi) is 8.08. The Balaban J connectivity index is 1.84. The number of rotatable bonds is 9. The van der Waals surface area contributed by atoms with Crippen molar-refractivity contribution in [3.63, 3.8) is 0 Å². The van der Waals surface area contributed by atoms with Crippen LogP contribution in [0.1, 0.15) is 56.5 Å². The van der Waals surface area contributed by atoms with E-state index in [9.17, 15) is 22.8 Å². The molecule has 2 aromatic rings.